The highest BCUT2D eigenvalue weighted by Crippen LogP contribution is 2.29. The molecule has 1 aliphatic rings. The van der Waals surface area contributed by atoms with Crippen LogP contribution in [0.2, 0.25) is 0 Å². The zero-order valence-corrected chi connectivity index (χ0v) is 13.4. The number of nitrogens with one attached hydrogen (secondary N) is 1. The number of para-hydroxylation sites is 2. The molecule has 1 fully saturated rings. The third-order valence-electron chi connectivity index (χ3n) is 4.36. The van der Waals surface area contributed by atoms with E-state index in [0.29, 0.717) is 6.04 Å². The molecular weight excluding hydrogens is 262 g/mol. The van der Waals surface area contributed by atoms with Crippen LogP contribution < -0.4 is 14.8 Å². The lowest BCUT2D eigenvalue weighted by Gasteiger charge is -2.31. The smallest absolute Gasteiger partial charge is 0.161 e. The predicted molar refractivity (Wildman–Crippen MR) is 87.1 cm³/mol. The molecule has 3 heteroatoms. The van der Waals surface area contributed by atoms with Gasteiger partial charge in [0.15, 0.2) is 11.5 Å². The van der Waals surface area contributed by atoms with Gasteiger partial charge < -0.3 is 14.8 Å². The normalized spacial score (nSPS) is 17.4. The second kappa shape index (κ2) is 8.93. The van der Waals surface area contributed by atoms with Crippen molar-refractivity contribution in [2.75, 3.05) is 20.3 Å². The minimum absolute atomic E-state index is 0.454. The van der Waals surface area contributed by atoms with Gasteiger partial charge in [-0.05, 0) is 43.9 Å². The molecule has 1 N–H and O–H groups in total. The lowest BCUT2D eigenvalue weighted by molar-refractivity contribution is 0.182. The third-order valence-corrected chi connectivity index (χ3v) is 4.36. The predicted octanol–water partition coefficient (Wildman–Crippen LogP) is 4.02. The van der Waals surface area contributed by atoms with E-state index in [1.54, 1.807) is 7.11 Å². The Balaban J connectivity index is 1.94. The minimum atomic E-state index is 0.454. The van der Waals surface area contributed by atoms with Crippen molar-refractivity contribution in [3.63, 3.8) is 0 Å². The Morgan fingerprint density at radius 2 is 1.86 bits per heavy atom. The average molecular weight is 291 g/mol. The van der Waals surface area contributed by atoms with Crippen molar-refractivity contribution in [1.82, 2.24) is 5.32 Å². The van der Waals surface area contributed by atoms with Gasteiger partial charge in [0.2, 0.25) is 0 Å². The Labute approximate surface area is 129 Å². The second-order valence-electron chi connectivity index (χ2n) is 5.92. The number of benzene rings is 1. The fourth-order valence-electron chi connectivity index (χ4n) is 3.15. The van der Waals surface area contributed by atoms with Crippen molar-refractivity contribution in [1.29, 1.82) is 0 Å². The highest BCUT2D eigenvalue weighted by Gasteiger charge is 2.24. The zero-order valence-electron chi connectivity index (χ0n) is 13.4. The molecule has 0 aliphatic heterocycles. The van der Waals surface area contributed by atoms with Crippen LogP contribution in [0.15, 0.2) is 24.3 Å². The number of methoxy groups -OCH3 is 1. The fraction of sp³-hybridized carbons (Fsp3) is 0.667. The molecule has 1 atom stereocenters. The molecule has 1 saturated carbocycles. The Hall–Kier alpha value is -1.22. The fourth-order valence-corrected chi connectivity index (χ4v) is 3.15. The molecule has 21 heavy (non-hydrogen) atoms. The molecule has 1 unspecified atom stereocenters. The largest absolute Gasteiger partial charge is 0.493 e. The van der Waals surface area contributed by atoms with Gasteiger partial charge >= 0.3 is 0 Å². The van der Waals surface area contributed by atoms with Crippen molar-refractivity contribution in [3.05, 3.63) is 24.3 Å². The first-order valence-electron chi connectivity index (χ1n) is 8.34. The molecule has 0 radical (unpaired) electrons. The lowest BCUT2D eigenvalue weighted by Crippen LogP contribution is -2.42. The first-order valence-corrected chi connectivity index (χ1v) is 8.34. The van der Waals surface area contributed by atoms with Crippen LogP contribution in [0.1, 0.15) is 45.4 Å². The molecule has 1 aromatic carbocycles. The van der Waals surface area contributed by atoms with E-state index in [0.717, 1.165) is 37.0 Å². The van der Waals surface area contributed by atoms with Crippen LogP contribution in [0, 0.1) is 5.92 Å². The van der Waals surface area contributed by atoms with E-state index < -0.39 is 0 Å². The van der Waals surface area contributed by atoms with E-state index in [1.165, 1.54) is 32.1 Å². The maximum atomic E-state index is 6.05. The Bertz CT molecular complexity index is 402. The maximum absolute atomic E-state index is 6.05. The zero-order chi connectivity index (χ0) is 14.9. The molecule has 1 aromatic rings. The molecule has 118 valence electrons. The molecule has 2 rings (SSSR count). The van der Waals surface area contributed by atoms with Gasteiger partial charge in [-0.25, -0.2) is 0 Å². The van der Waals surface area contributed by atoms with E-state index in [4.69, 9.17) is 9.47 Å². The summed E-state index contributed by atoms with van der Waals surface area (Å²) in [5.41, 5.74) is 0. The van der Waals surface area contributed by atoms with Crippen molar-refractivity contribution < 1.29 is 9.47 Å². The van der Waals surface area contributed by atoms with E-state index in [-0.39, 0.29) is 0 Å². The summed E-state index contributed by atoms with van der Waals surface area (Å²) in [4.78, 5) is 0. The van der Waals surface area contributed by atoms with Gasteiger partial charge in [-0.15, -0.1) is 0 Å². The van der Waals surface area contributed by atoms with Gasteiger partial charge in [0.1, 0.15) is 6.61 Å². The monoisotopic (exact) mass is 291 g/mol. The van der Waals surface area contributed by atoms with Gasteiger partial charge in [-0.1, -0.05) is 38.3 Å². The van der Waals surface area contributed by atoms with Gasteiger partial charge in [-0.3, -0.25) is 0 Å². The van der Waals surface area contributed by atoms with E-state index in [2.05, 4.69) is 12.2 Å². The Morgan fingerprint density at radius 1 is 1.14 bits per heavy atom. The summed E-state index contributed by atoms with van der Waals surface area (Å²) >= 11 is 0. The number of hydrogen-bond acceptors (Lipinski definition) is 3. The van der Waals surface area contributed by atoms with Crippen LogP contribution in [0.25, 0.3) is 0 Å². The third kappa shape index (κ3) is 4.92. The van der Waals surface area contributed by atoms with Gasteiger partial charge in [0.05, 0.1) is 7.11 Å². The summed E-state index contributed by atoms with van der Waals surface area (Å²) in [5.74, 6) is 2.41. The summed E-state index contributed by atoms with van der Waals surface area (Å²) in [6.07, 6.45) is 7.95. The molecule has 1 aliphatic carbocycles. The quantitative estimate of drug-likeness (QED) is 0.784. The number of hydrogen-bond donors (Lipinski definition) is 1. The summed E-state index contributed by atoms with van der Waals surface area (Å²) in [6.45, 7) is 4.01. The van der Waals surface area contributed by atoms with Crippen LogP contribution in [0.5, 0.6) is 11.5 Å². The molecule has 0 heterocycles. The van der Waals surface area contributed by atoms with Crippen LogP contribution in [-0.2, 0) is 0 Å². The summed E-state index contributed by atoms with van der Waals surface area (Å²) in [6, 6.07) is 8.35. The first-order chi connectivity index (χ1) is 10.3. The van der Waals surface area contributed by atoms with E-state index in [1.807, 2.05) is 24.3 Å². The number of rotatable bonds is 8. The molecule has 0 aromatic heterocycles. The molecule has 3 nitrogen and oxygen atoms in total. The van der Waals surface area contributed by atoms with Crippen LogP contribution in [-0.4, -0.2) is 26.3 Å². The second-order valence-corrected chi connectivity index (χ2v) is 5.92. The van der Waals surface area contributed by atoms with Gasteiger partial charge in [-0.2, -0.15) is 0 Å². The SMILES string of the molecule is CCCNC(COc1ccccc1OC)C1CCCCC1. The molecule has 0 bridgehead atoms. The van der Waals surface area contributed by atoms with Crippen LogP contribution in [0.3, 0.4) is 0 Å². The van der Waals surface area contributed by atoms with Gasteiger partial charge in [0, 0.05) is 6.04 Å². The Morgan fingerprint density at radius 3 is 2.52 bits per heavy atom. The number of ether oxygens (including phenoxy) is 2. The molecule has 0 saturated heterocycles. The highest BCUT2D eigenvalue weighted by molar-refractivity contribution is 5.39. The molecule has 0 spiro atoms. The lowest BCUT2D eigenvalue weighted by atomic mass is 9.84. The highest BCUT2D eigenvalue weighted by atomic mass is 16.5. The maximum Gasteiger partial charge on any atom is 0.161 e. The summed E-state index contributed by atoms with van der Waals surface area (Å²) < 4.78 is 11.4. The summed E-state index contributed by atoms with van der Waals surface area (Å²) in [5, 5.41) is 3.68. The van der Waals surface area contributed by atoms with Crippen molar-refractivity contribution in [2.45, 2.75) is 51.5 Å². The molecular formula is C18H29NO2. The van der Waals surface area contributed by atoms with Crippen molar-refractivity contribution in [3.8, 4) is 11.5 Å². The topological polar surface area (TPSA) is 30.5 Å². The van der Waals surface area contributed by atoms with Crippen molar-refractivity contribution >= 4 is 0 Å². The van der Waals surface area contributed by atoms with Crippen LogP contribution >= 0.6 is 0 Å². The van der Waals surface area contributed by atoms with Gasteiger partial charge in [0.25, 0.3) is 0 Å². The standard InChI is InChI=1S/C18H29NO2/c1-3-13-19-16(15-9-5-4-6-10-15)14-21-18-12-8-7-11-17(18)20-2/h7-8,11-12,15-16,19H,3-6,9-10,13-14H2,1-2H3. The van der Waals surface area contributed by atoms with Crippen LogP contribution in [0.4, 0.5) is 0 Å². The first kappa shape index (κ1) is 16.2. The minimum Gasteiger partial charge on any atom is -0.493 e. The van der Waals surface area contributed by atoms with E-state index >= 15 is 0 Å². The van der Waals surface area contributed by atoms with E-state index in [9.17, 15) is 0 Å². The Kier molecular flexibility index (Phi) is 6.87. The molecule has 0 amide bonds. The van der Waals surface area contributed by atoms with Crippen molar-refractivity contribution in [2.24, 2.45) is 5.92 Å². The summed E-state index contributed by atoms with van der Waals surface area (Å²) in [7, 11) is 1.69. The average Bonchev–Trinajstić information content (AvgIpc) is 2.56.